The summed E-state index contributed by atoms with van der Waals surface area (Å²) in [5, 5.41) is 0. The molecule has 0 spiro atoms. The Bertz CT molecular complexity index is 638. The number of hydrogen-bond acceptors (Lipinski definition) is 1. The molecule has 0 heterocycles. The van der Waals surface area contributed by atoms with Crippen LogP contribution in [0.1, 0.15) is 44.4 Å². The van der Waals surface area contributed by atoms with Gasteiger partial charge in [0.25, 0.3) is 0 Å². The van der Waals surface area contributed by atoms with Crippen molar-refractivity contribution in [1.29, 1.82) is 0 Å². The van der Waals surface area contributed by atoms with E-state index in [9.17, 15) is 0 Å². The number of nitrogens with zero attached hydrogens (tertiary/aromatic N) is 1. The number of likely N-dealkylation sites (N-methyl/N-ethyl adjacent to an activating group) is 1. The van der Waals surface area contributed by atoms with Gasteiger partial charge in [0.05, 0.1) is 0 Å². The third-order valence-electron chi connectivity index (χ3n) is 5.11. The minimum absolute atomic E-state index is 0.120. The fourth-order valence-electron chi connectivity index (χ4n) is 3.36. The molecule has 1 atom stereocenters. The smallest absolute Gasteiger partial charge is 0.0470 e. The lowest BCUT2D eigenvalue weighted by atomic mass is 9.79. The normalized spacial score (nSPS) is 20.6. The molecular formula is C22H31N. The topological polar surface area (TPSA) is 3.24 Å². The quantitative estimate of drug-likeness (QED) is 0.648. The second-order valence-electron chi connectivity index (χ2n) is 7.30. The van der Waals surface area contributed by atoms with Crippen LogP contribution in [-0.2, 0) is 0 Å². The zero-order chi connectivity index (χ0) is 17.2. The molecule has 124 valence electrons. The highest BCUT2D eigenvalue weighted by Crippen LogP contribution is 2.35. The van der Waals surface area contributed by atoms with Crippen LogP contribution in [0.4, 0.5) is 5.69 Å². The van der Waals surface area contributed by atoms with E-state index in [1.54, 1.807) is 0 Å². The third kappa shape index (κ3) is 3.60. The number of rotatable bonds is 4. The van der Waals surface area contributed by atoms with Gasteiger partial charge in [-0.05, 0) is 56.9 Å². The standard InChI is InChI=1S/C22H31N/c1-8-23(21-18(5)14-17(4)15-19(21)6)20-10-9-12-22(7,13-11-20)16(2)3/h9-16H,8H2,1-7H3. The summed E-state index contributed by atoms with van der Waals surface area (Å²) in [7, 11) is 0. The molecule has 1 aliphatic rings. The number of benzene rings is 1. The van der Waals surface area contributed by atoms with Crippen molar-refractivity contribution in [2.24, 2.45) is 11.3 Å². The lowest BCUT2D eigenvalue weighted by Gasteiger charge is -2.29. The molecule has 0 saturated carbocycles. The van der Waals surface area contributed by atoms with Gasteiger partial charge in [0, 0.05) is 23.3 Å². The summed E-state index contributed by atoms with van der Waals surface area (Å²) < 4.78 is 0. The van der Waals surface area contributed by atoms with Crippen molar-refractivity contribution >= 4 is 5.69 Å². The van der Waals surface area contributed by atoms with E-state index in [-0.39, 0.29) is 5.41 Å². The summed E-state index contributed by atoms with van der Waals surface area (Å²) in [6.45, 7) is 16.7. The van der Waals surface area contributed by atoms with Gasteiger partial charge in [-0.15, -0.1) is 0 Å². The highest BCUT2D eigenvalue weighted by molar-refractivity contribution is 5.65. The first kappa shape index (κ1) is 17.6. The highest BCUT2D eigenvalue weighted by atomic mass is 15.1. The average Bonchev–Trinajstić information content (AvgIpc) is 2.66. The molecule has 1 aromatic rings. The van der Waals surface area contributed by atoms with Crippen LogP contribution in [0.15, 0.2) is 48.2 Å². The van der Waals surface area contributed by atoms with Crippen LogP contribution in [0.25, 0.3) is 0 Å². The molecule has 23 heavy (non-hydrogen) atoms. The van der Waals surface area contributed by atoms with E-state index in [2.05, 4.69) is 95.9 Å². The van der Waals surface area contributed by atoms with Gasteiger partial charge in [-0.25, -0.2) is 0 Å². The lowest BCUT2D eigenvalue weighted by molar-refractivity contribution is 0.383. The van der Waals surface area contributed by atoms with Crippen molar-refractivity contribution in [3.05, 3.63) is 64.9 Å². The van der Waals surface area contributed by atoms with Gasteiger partial charge in [-0.3, -0.25) is 0 Å². The van der Waals surface area contributed by atoms with Crippen molar-refractivity contribution < 1.29 is 0 Å². The molecule has 0 N–H and O–H groups in total. The fraction of sp³-hybridized carbons (Fsp3) is 0.455. The van der Waals surface area contributed by atoms with Gasteiger partial charge < -0.3 is 4.90 Å². The molecule has 1 unspecified atom stereocenters. The monoisotopic (exact) mass is 309 g/mol. The van der Waals surface area contributed by atoms with E-state index in [1.807, 2.05) is 0 Å². The van der Waals surface area contributed by atoms with Gasteiger partial charge in [-0.2, -0.15) is 0 Å². The Morgan fingerprint density at radius 1 is 1.04 bits per heavy atom. The van der Waals surface area contributed by atoms with E-state index in [0.29, 0.717) is 5.92 Å². The largest absolute Gasteiger partial charge is 0.341 e. The van der Waals surface area contributed by atoms with E-state index in [0.717, 1.165) is 6.54 Å². The molecule has 0 aliphatic heterocycles. The van der Waals surface area contributed by atoms with Gasteiger partial charge in [-0.1, -0.05) is 56.7 Å². The summed E-state index contributed by atoms with van der Waals surface area (Å²) in [6.07, 6.45) is 11.4. The summed E-state index contributed by atoms with van der Waals surface area (Å²) in [5.41, 5.74) is 6.75. The molecule has 0 bridgehead atoms. The molecule has 0 amide bonds. The maximum absolute atomic E-state index is 2.43. The number of anilines is 1. The molecule has 0 fully saturated rings. The Morgan fingerprint density at radius 3 is 2.17 bits per heavy atom. The number of allylic oxidation sites excluding steroid dienone is 5. The Hall–Kier alpha value is -1.76. The maximum atomic E-state index is 2.43. The molecule has 1 heteroatoms. The molecule has 1 aliphatic carbocycles. The third-order valence-corrected chi connectivity index (χ3v) is 5.11. The minimum Gasteiger partial charge on any atom is -0.341 e. The molecule has 2 rings (SSSR count). The molecule has 1 aromatic carbocycles. The Morgan fingerprint density at radius 2 is 1.65 bits per heavy atom. The minimum atomic E-state index is 0.120. The van der Waals surface area contributed by atoms with Crippen LogP contribution in [0.3, 0.4) is 0 Å². The maximum Gasteiger partial charge on any atom is 0.0470 e. The molecule has 0 aromatic heterocycles. The van der Waals surface area contributed by atoms with Crippen LogP contribution in [0.2, 0.25) is 0 Å². The first-order valence-corrected chi connectivity index (χ1v) is 8.72. The predicted molar refractivity (Wildman–Crippen MR) is 103 cm³/mol. The summed E-state index contributed by atoms with van der Waals surface area (Å²) in [4.78, 5) is 2.43. The van der Waals surface area contributed by atoms with Gasteiger partial charge in [0.2, 0.25) is 0 Å². The lowest BCUT2D eigenvalue weighted by Crippen LogP contribution is -2.23. The molecule has 1 nitrogen and oxygen atoms in total. The summed E-state index contributed by atoms with van der Waals surface area (Å²) in [5.74, 6) is 0.584. The fourth-order valence-corrected chi connectivity index (χ4v) is 3.36. The second-order valence-corrected chi connectivity index (χ2v) is 7.30. The first-order valence-electron chi connectivity index (χ1n) is 8.72. The van der Waals surface area contributed by atoms with Crippen molar-refractivity contribution in [3.63, 3.8) is 0 Å². The zero-order valence-corrected chi connectivity index (χ0v) is 15.8. The Kier molecular flexibility index (Phi) is 5.19. The van der Waals surface area contributed by atoms with Crippen molar-refractivity contribution in [1.82, 2.24) is 0 Å². The predicted octanol–water partition coefficient (Wildman–Crippen LogP) is 6.11. The van der Waals surface area contributed by atoms with Crippen LogP contribution in [0.5, 0.6) is 0 Å². The van der Waals surface area contributed by atoms with Crippen LogP contribution in [-0.4, -0.2) is 6.54 Å². The van der Waals surface area contributed by atoms with E-state index in [1.165, 1.54) is 28.1 Å². The van der Waals surface area contributed by atoms with Crippen LogP contribution in [0, 0.1) is 32.1 Å². The van der Waals surface area contributed by atoms with Gasteiger partial charge >= 0.3 is 0 Å². The Balaban J connectivity index is 2.44. The first-order chi connectivity index (χ1) is 10.8. The Labute approximate surface area is 142 Å². The molecule has 0 saturated heterocycles. The molecule has 0 radical (unpaired) electrons. The highest BCUT2D eigenvalue weighted by Gasteiger charge is 2.23. The molecular weight excluding hydrogens is 278 g/mol. The van der Waals surface area contributed by atoms with E-state index in [4.69, 9.17) is 0 Å². The van der Waals surface area contributed by atoms with Crippen molar-refractivity contribution in [2.45, 2.75) is 48.5 Å². The van der Waals surface area contributed by atoms with Gasteiger partial charge in [0.15, 0.2) is 0 Å². The summed E-state index contributed by atoms with van der Waals surface area (Å²) >= 11 is 0. The van der Waals surface area contributed by atoms with Gasteiger partial charge in [0.1, 0.15) is 0 Å². The van der Waals surface area contributed by atoms with Crippen LogP contribution < -0.4 is 4.90 Å². The van der Waals surface area contributed by atoms with Crippen LogP contribution >= 0.6 is 0 Å². The average molecular weight is 309 g/mol. The number of hydrogen-bond donors (Lipinski definition) is 0. The van der Waals surface area contributed by atoms with E-state index >= 15 is 0 Å². The van der Waals surface area contributed by atoms with E-state index < -0.39 is 0 Å². The SMILES string of the molecule is CCN(C1=CC=CC(C)(C(C)C)C=C1)c1c(C)cc(C)cc1C. The number of aryl methyl sites for hydroxylation is 3. The summed E-state index contributed by atoms with van der Waals surface area (Å²) in [6, 6.07) is 4.56. The zero-order valence-electron chi connectivity index (χ0n) is 15.8. The van der Waals surface area contributed by atoms with Crippen molar-refractivity contribution in [3.8, 4) is 0 Å². The van der Waals surface area contributed by atoms with Crippen molar-refractivity contribution in [2.75, 3.05) is 11.4 Å². The second kappa shape index (κ2) is 6.78.